The monoisotopic (exact) mass is 560 g/mol. The summed E-state index contributed by atoms with van der Waals surface area (Å²) >= 11 is 0. The molecule has 0 fully saturated rings. The number of halogens is 6. The normalized spacial score (nSPS) is 2.95. The van der Waals surface area contributed by atoms with E-state index in [0.29, 0.717) is 0 Å². The largest absolute Gasteiger partial charge is 1.00 e. The Morgan fingerprint density at radius 1 is 0.400 bits per heavy atom. The molecule has 0 heterocycles. The maximum atomic E-state index is 8.55. The van der Waals surface area contributed by atoms with E-state index in [1.54, 1.807) is 0 Å². The maximum absolute atomic E-state index is 8.55. The molecule has 0 N–H and O–H groups in total. The van der Waals surface area contributed by atoms with Crippen LogP contribution in [0.2, 0.25) is 0 Å². The molecule has 0 unspecified atom stereocenters. The van der Waals surface area contributed by atoms with Gasteiger partial charge in [-0.05, 0) is 0 Å². The van der Waals surface area contributed by atoms with E-state index in [1.165, 1.54) is 0 Å². The van der Waals surface area contributed by atoms with Gasteiger partial charge in [-0.2, -0.15) is 7.82 Å². The van der Waals surface area contributed by atoms with Crippen molar-refractivity contribution in [3.63, 3.8) is 0 Å². The van der Waals surface area contributed by atoms with E-state index in [1.807, 2.05) is 0 Å². The molecule has 0 saturated heterocycles. The third-order valence-electron chi connectivity index (χ3n) is 0. The van der Waals surface area contributed by atoms with Gasteiger partial charge in [-0.25, -0.2) is 0 Å². The topological polar surface area (TPSA) is 86.2 Å². The maximum Gasteiger partial charge on any atom is 1.00 e. The average molecular weight is 561 g/mol. The Morgan fingerprint density at radius 2 is 0.400 bits per heavy atom. The zero-order valence-electron chi connectivity index (χ0n) is 13.3. The number of phosphoric acid groups is 1. The standard InChI is InChI=1S/6FH.9K.H3O4P/c;;;;;;;;;;;;;;;1-5(2,3)4/h6*1H;;;;;;;;;;(H3,1,2,3,4)/q;;;;;;9*+1;/p-9. The van der Waals surface area contributed by atoms with Crippen molar-refractivity contribution in [3.8, 4) is 0 Å². The second kappa shape index (κ2) is 84.2. The van der Waals surface area contributed by atoms with Gasteiger partial charge in [0.2, 0.25) is 0 Å². The van der Waals surface area contributed by atoms with Crippen LogP contribution in [0, 0.1) is 0 Å². The van der Waals surface area contributed by atoms with E-state index >= 15 is 0 Å². The molecule has 80 valence electrons. The molecule has 0 bridgehead atoms. The third kappa shape index (κ3) is 154. The summed E-state index contributed by atoms with van der Waals surface area (Å²) in [5.74, 6) is 0. The van der Waals surface area contributed by atoms with E-state index in [0.717, 1.165) is 0 Å². The van der Waals surface area contributed by atoms with Crippen molar-refractivity contribution in [2.45, 2.75) is 0 Å². The number of hydrogen-bond acceptors (Lipinski definition) is 4. The predicted octanol–water partition coefficient (Wildman–Crippen LogP) is -47.8. The fourth-order valence-electron chi connectivity index (χ4n) is 0. The van der Waals surface area contributed by atoms with Gasteiger partial charge in [-0.15, -0.1) is 0 Å². The van der Waals surface area contributed by atoms with E-state index in [2.05, 4.69) is 0 Å². The van der Waals surface area contributed by atoms with Crippen molar-refractivity contribution in [3.05, 3.63) is 0 Å². The smallest absolute Gasteiger partial charge is 1.00 e. The third-order valence-corrected chi connectivity index (χ3v) is 0. The summed E-state index contributed by atoms with van der Waals surface area (Å²) in [5, 5.41) is 0. The van der Waals surface area contributed by atoms with Gasteiger partial charge in [0.1, 0.15) is 0 Å². The van der Waals surface area contributed by atoms with Gasteiger partial charge in [0, 0.05) is 0 Å². The molecular formula is F6K9O4P. The van der Waals surface area contributed by atoms with Gasteiger partial charge in [-0.1, -0.05) is 0 Å². The molecule has 0 spiro atoms. The van der Waals surface area contributed by atoms with Crippen molar-refractivity contribution in [2.24, 2.45) is 0 Å². The van der Waals surface area contributed by atoms with Crippen molar-refractivity contribution >= 4 is 7.82 Å². The minimum atomic E-state index is -5.39. The van der Waals surface area contributed by atoms with E-state index in [9.17, 15) is 0 Å². The van der Waals surface area contributed by atoms with Gasteiger partial charge in [-0.3, -0.25) is 0 Å². The molecule has 0 aromatic rings. The van der Waals surface area contributed by atoms with Crippen molar-refractivity contribution in [1.82, 2.24) is 0 Å². The quantitative estimate of drug-likeness (QED) is 0.167. The number of rotatable bonds is 0. The summed E-state index contributed by atoms with van der Waals surface area (Å²) in [6.45, 7) is 0. The van der Waals surface area contributed by atoms with E-state index in [-0.39, 0.29) is 491 Å². The van der Waals surface area contributed by atoms with Gasteiger partial charge in [0.05, 0.1) is 0 Å². The molecule has 0 aliphatic heterocycles. The SMILES string of the molecule is O=P([O-])([O-])[O-].[F-].[F-].[F-].[F-].[F-].[F-].[K+].[K+].[K+].[K+].[K+].[K+].[K+].[K+].[K+]. The Balaban J connectivity index is -0.000000000762. The van der Waals surface area contributed by atoms with Crippen LogP contribution >= 0.6 is 7.82 Å². The van der Waals surface area contributed by atoms with Gasteiger partial charge in [0.25, 0.3) is 0 Å². The minimum absolute atomic E-state index is 0. The summed E-state index contributed by atoms with van der Waals surface area (Å²) < 4.78 is 8.55. The Hall–Kier alpha value is 14.4. The molecule has 0 aromatic heterocycles. The average Bonchev–Trinajstić information content (AvgIpc) is 0.722. The van der Waals surface area contributed by atoms with Gasteiger partial charge < -0.3 is 47.5 Å². The van der Waals surface area contributed by atoms with Crippen LogP contribution in [-0.2, 0) is 4.57 Å². The molecule has 0 rings (SSSR count). The Labute approximate surface area is 497 Å². The minimum Gasteiger partial charge on any atom is -1.00 e. The Bertz CT molecular complexity index is 80.6. The molecule has 0 radical (unpaired) electrons. The zero-order valence-corrected chi connectivity index (χ0v) is 42.4. The molecule has 0 aromatic carbocycles. The van der Waals surface area contributed by atoms with Crippen LogP contribution in [0.25, 0.3) is 0 Å². The van der Waals surface area contributed by atoms with E-state index in [4.69, 9.17) is 19.2 Å². The van der Waals surface area contributed by atoms with Crippen LogP contribution in [0.1, 0.15) is 0 Å². The van der Waals surface area contributed by atoms with Crippen LogP contribution in [-0.4, -0.2) is 0 Å². The van der Waals surface area contributed by atoms with Crippen molar-refractivity contribution < 1.29 is 510 Å². The zero-order chi connectivity index (χ0) is 4.50. The van der Waals surface area contributed by atoms with Crippen molar-refractivity contribution in [1.29, 1.82) is 0 Å². The summed E-state index contributed by atoms with van der Waals surface area (Å²) in [6.07, 6.45) is 0. The molecule has 0 amide bonds. The molecule has 0 aliphatic carbocycles. The Kier molecular flexibility index (Phi) is 477. The van der Waals surface area contributed by atoms with Gasteiger partial charge in [0.15, 0.2) is 0 Å². The predicted molar refractivity (Wildman–Crippen MR) is 7.61 cm³/mol. The van der Waals surface area contributed by atoms with Gasteiger partial charge >= 0.3 is 462 Å². The summed E-state index contributed by atoms with van der Waals surface area (Å²) in [7, 11) is -5.39. The second-order valence-corrected chi connectivity index (χ2v) is 1.34. The first-order chi connectivity index (χ1) is 2.00. The molecule has 0 atom stereocenters. The molecule has 20 heavy (non-hydrogen) atoms. The molecular weight excluding hydrogens is 561 g/mol. The number of hydrogen-bond donors (Lipinski definition) is 0. The first kappa shape index (κ1) is 113. The summed E-state index contributed by atoms with van der Waals surface area (Å²) in [5.41, 5.74) is 0. The molecule has 0 saturated carbocycles. The first-order valence-corrected chi connectivity index (χ1v) is 2.19. The van der Waals surface area contributed by atoms with Crippen molar-refractivity contribution in [2.75, 3.05) is 0 Å². The molecule has 20 heteroatoms. The van der Waals surface area contributed by atoms with E-state index < -0.39 is 7.82 Å². The van der Waals surface area contributed by atoms with Crippen LogP contribution in [0.5, 0.6) is 0 Å². The second-order valence-electron chi connectivity index (χ2n) is 0.447. The fraction of sp³-hybridized carbons (Fsp3) is 0. The van der Waals surface area contributed by atoms with Crippen LogP contribution in [0.15, 0.2) is 0 Å². The van der Waals surface area contributed by atoms with Crippen LogP contribution in [0.4, 0.5) is 0 Å². The first-order valence-electron chi connectivity index (χ1n) is 0.730. The molecule has 0 aliphatic rings. The van der Waals surface area contributed by atoms with Crippen LogP contribution in [0.3, 0.4) is 0 Å². The van der Waals surface area contributed by atoms with Crippen LogP contribution < -0.4 is 505 Å². The summed E-state index contributed by atoms with van der Waals surface area (Å²) in [4.78, 5) is 25.6. The summed E-state index contributed by atoms with van der Waals surface area (Å²) in [6, 6.07) is 0. The molecule has 4 nitrogen and oxygen atoms in total. The fourth-order valence-corrected chi connectivity index (χ4v) is 0. The Morgan fingerprint density at radius 3 is 0.400 bits per heavy atom.